The number of primary amides is 2. The number of carbonyl (C=O) groups excluding carboxylic acids is 3. The Kier molecular flexibility index (Phi) is 12.5. The van der Waals surface area contributed by atoms with Crippen LogP contribution in [0.15, 0.2) is 65.8 Å². The number of rotatable bonds is 17. The van der Waals surface area contributed by atoms with Crippen molar-refractivity contribution in [3.8, 4) is 11.6 Å². The molecule has 0 fully saturated rings. The summed E-state index contributed by atoms with van der Waals surface area (Å²) in [4.78, 5) is 46.2. The molecule has 1 aromatic carbocycles. The highest BCUT2D eigenvalue weighted by Crippen LogP contribution is 2.45. The Labute approximate surface area is 259 Å². The Morgan fingerprint density at radius 1 is 1.05 bits per heavy atom. The summed E-state index contributed by atoms with van der Waals surface area (Å²) in [6, 6.07) is 12.8. The van der Waals surface area contributed by atoms with E-state index in [2.05, 4.69) is 10.3 Å². The summed E-state index contributed by atoms with van der Waals surface area (Å²) < 4.78 is 10.7. The van der Waals surface area contributed by atoms with E-state index in [9.17, 15) is 19.5 Å². The first-order chi connectivity index (χ1) is 21.1. The summed E-state index contributed by atoms with van der Waals surface area (Å²) in [6.45, 7) is 5.37. The highest BCUT2D eigenvalue weighted by Gasteiger charge is 2.51. The maximum atomic E-state index is 14.7. The highest BCUT2D eigenvalue weighted by atomic mass is 16.5. The number of amides is 3. The number of benzene rings is 1. The molecule has 1 aromatic heterocycles. The molecule has 3 amide bonds. The van der Waals surface area contributed by atoms with E-state index in [-0.39, 0.29) is 36.4 Å². The molecular weight excluding hydrogens is 562 g/mol. The number of carbonyl (C=O) groups is 3. The number of nitrogens with zero attached hydrogens (tertiary/aromatic N) is 2. The number of aromatic nitrogens is 1. The minimum atomic E-state index is -1.53. The number of pyridine rings is 1. The van der Waals surface area contributed by atoms with Crippen LogP contribution in [0.4, 0.5) is 0 Å². The second-order valence-corrected chi connectivity index (χ2v) is 11.0. The van der Waals surface area contributed by atoms with Gasteiger partial charge in [-0.25, -0.2) is 4.98 Å². The molecule has 1 unspecified atom stereocenters. The molecule has 6 N–H and O–H groups in total. The van der Waals surface area contributed by atoms with Crippen LogP contribution in [0.25, 0.3) is 0 Å². The van der Waals surface area contributed by atoms with Crippen molar-refractivity contribution in [2.24, 2.45) is 22.8 Å². The standard InChI is InChI=1S/C33H45N5O6/c1-5-13-38(14-6-2)32(42)33(18-23(30(34)40)16-24(19-33)31(35)41)27(17-25-10-8-12-29(37-25)44-4)28(39)21-36-20-22-9-7-11-26(15-22)43-3/h7-12,15-16,18,27-28,36,39H,5-6,13-14,17,19-21H2,1-4H3,(H2,34,40)(H2,35,41)/t27-,28+,33?/m1/s1. The predicted molar refractivity (Wildman–Crippen MR) is 167 cm³/mol. The molecule has 0 radical (unpaired) electrons. The number of aliphatic hydroxyl groups is 1. The number of aliphatic hydroxyl groups excluding tert-OH is 1. The van der Waals surface area contributed by atoms with Crippen LogP contribution in [0.5, 0.6) is 11.6 Å². The first-order valence-corrected chi connectivity index (χ1v) is 14.9. The van der Waals surface area contributed by atoms with Crippen molar-refractivity contribution >= 4 is 17.7 Å². The maximum Gasteiger partial charge on any atom is 0.248 e. The van der Waals surface area contributed by atoms with E-state index in [0.717, 1.165) is 5.56 Å². The molecular formula is C33H45N5O6. The van der Waals surface area contributed by atoms with Crippen LogP contribution in [0.1, 0.15) is 44.4 Å². The first-order valence-electron chi connectivity index (χ1n) is 14.9. The van der Waals surface area contributed by atoms with Crippen molar-refractivity contribution in [1.82, 2.24) is 15.2 Å². The lowest BCUT2D eigenvalue weighted by Crippen LogP contribution is -2.54. The van der Waals surface area contributed by atoms with Crippen LogP contribution in [-0.2, 0) is 27.3 Å². The number of ether oxygens (including phenoxy) is 2. The molecule has 0 bridgehead atoms. The first kappa shape index (κ1) is 34.3. The molecule has 11 nitrogen and oxygen atoms in total. The molecule has 0 aliphatic heterocycles. The lowest BCUT2D eigenvalue weighted by Gasteiger charge is -2.44. The Morgan fingerprint density at radius 3 is 2.36 bits per heavy atom. The minimum absolute atomic E-state index is 0.00788. The quantitative estimate of drug-likeness (QED) is 0.212. The molecule has 1 aliphatic rings. The van der Waals surface area contributed by atoms with Gasteiger partial charge in [0.2, 0.25) is 23.6 Å². The smallest absolute Gasteiger partial charge is 0.248 e. The van der Waals surface area contributed by atoms with Crippen molar-refractivity contribution in [1.29, 1.82) is 0 Å². The van der Waals surface area contributed by atoms with E-state index >= 15 is 0 Å². The van der Waals surface area contributed by atoms with Gasteiger partial charge >= 0.3 is 0 Å². The fourth-order valence-corrected chi connectivity index (χ4v) is 5.77. The third-order valence-corrected chi connectivity index (χ3v) is 7.86. The van der Waals surface area contributed by atoms with Gasteiger partial charge in [0.15, 0.2) is 0 Å². The van der Waals surface area contributed by atoms with Gasteiger partial charge in [-0.2, -0.15) is 0 Å². The molecule has 0 saturated heterocycles. The maximum absolute atomic E-state index is 14.7. The number of hydrogen-bond donors (Lipinski definition) is 4. The molecule has 238 valence electrons. The zero-order chi connectivity index (χ0) is 32.3. The largest absolute Gasteiger partial charge is 0.497 e. The van der Waals surface area contributed by atoms with E-state index in [1.807, 2.05) is 38.1 Å². The zero-order valence-electron chi connectivity index (χ0n) is 26.0. The molecule has 11 heteroatoms. The molecule has 0 saturated carbocycles. The summed E-state index contributed by atoms with van der Waals surface area (Å²) in [5, 5.41) is 15.2. The number of hydrogen-bond acceptors (Lipinski definition) is 8. The molecule has 1 aliphatic carbocycles. The number of nitrogens with two attached hydrogens (primary N) is 2. The van der Waals surface area contributed by atoms with Gasteiger partial charge in [0, 0.05) is 55.0 Å². The number of nitrogens with one attached hydrogen (secondary N) is 1. The molecule has 0 spiro atoms. The second-order valence-electron chi connectivity index (χ2n) is 11.0. The van der Waals surface area contributed by atoms with Crippen molar-refractivity contribution < 1.29 is 29.0 Å². The highest BCUT2D eigenvalue weighted by molar-refractivity contribution is 6.03. The Bertz CT molecular complexity index is 1370. The summed E-state index contributed by atoms with van der Waals surface area (Å²) in [5.41, 5.74) is 11.5. The summed E-state index contributed by atoms with van der Waals surface area (Å²) in [6.07, 6.45) is 3.15. The van der Waals surface area contributed by atoms with Crippen molar-refractivity contribution in [3.05, 3.63) is 77.0 Å². The molecule has 2 aromatic rings. The monoisotopic (exact) mass is 607 g/mol. The van der Waals surface area contributed by atoms with Gasteiger partial charge in [-0.05, 0) is 55.5 Å². The van der Waals surface area contributed by atoms with Crippen LogP contribution in [0, 0.1) is 11.3 Å². The lowest BCUT2D eigenvalue weighted by molar-refractivity contribution is -0.145. The van der Waals surface area contributed by atoms with E-state index in [1.54, 1.807) is 30.2 Å². The molecule has 1 heterocycles. The Hall–Kier alpha value is -4.22. The van der Waals surface area contributed by atoms with Crippen molar-refractivity contribution in [3.63, 3.8) is 0 Å². The third-order valence-electron chi connectivity index (χ3n) is 7.86. The normalized spacial score (nSPS) is 17.6. The van der Waals surface area contributed by atoms with Crippen LogP contribution in [-0.4, -0.2) is 72.7 Å². The van der Waals surface area contributed by atoms with Gasteiger partial charge < -0.3 is 36.3 Å². The summed E-state index contributed by atoms with van der Waals surface area (Å²) in [7, 11) is 3.10. The van der Waals surface area contributed by atoms with Gasteiger partial charge in [0.1, 0.15) is 5.75 Å². The van der Waals surface area contributed by atoms with E-state index in [0.29, 0.717) is 49.8 Å². The van der Waals surface area contributed by atoms with E-state index in [1.165, 1.54) is 19.3 Å². The van der Waals surface area contributed by atoms with Crippen LogP contribution in [0.3, 0.4) is 0 Å². The Balaban J connectivity index is 2.14. The zero-order valence-corrected chi connectivity index (χ0v) is 26.0. The molecule has 3 atom stereocenters. The van der Waals surface area contributed by atoms with E-state index < -0.39 is 29.3 Å². The van der Waals surface area contributed by atoms with Crippen molar-refractivity contribution in [2.75, 3.05) is 33.9 Å². The van der Waals surface area contributed by atoms with Crippen LogP contribution >= 0.6 is 0 Å². The summed E-state index contributed by atoms with van der Waals surface area (Å²) >= 11 is 0. The number of methoxy groups -OCH3 is 2. The van der Waals surface area contributed by atoms with Crippen LogP contribution < -0.4 is 26.3 Å². The van der Waals surface area contributed by atoms with Gasteiger partial charge in [-0.1, -0.05) is 38.1 Å². The average molecular weight is 608 g/mol. The van der Waals surface area contributed by atoms with E-state index in [4.69, 9.17) is 20.9 Å². The minimum Gasteiger partial charge on any atom is -0.497 e. The third kappa shape index (κ3) is 8.45. The SMILES string of the molecule is CCCN(CCC)C(=O)C1([C@H](Cc2cccc(OC)n2)[C@@H](O)CNCc2cccc(OC)c2)C=C(C(N)=O)C=C(C(N)=O)C1. The van der Waals surface area contributed by atoms with Crippen molar-refractivity contribution in [2.45, 2.75) is 52.2 Å². The van der Waals surface area contributed by atoms with Gasteiger partial charge in [0.05, 0.1) is 25.7 Å². The fraction of sp³-hybridized carbons (Fsp3) is 0.455. The molecule has 3 rings (SSSR count). The topological polar surface area (TPSA) is 170 Å². The molecule has 44 heavy (non-hydrogen) atoms. The lowest BCUT2D eigenvalue weighted by atomic mass is 9.63. The fourth-order valence-electron chi connectivity index (χ4n) is 5.77. The Morgan fingerprint density at radius 2 is 1.75 bits per heavy atom. The van der Waals surface area contributed by atoms with Gasteiger partial charge in [0.25, 0.3) is 0 Å². The van der Waals surface area contributed by atoms with Crippen LogP contribution in [0.2, 0.25) is 0 Å². The van der Waals surface area contributed by atoms with Gasteiger partial charge in [-0.3, -0.25) is 14.4 Å². The summed E-state index contributed by atoms with van der Waals surface area (Å²) in [5.74, 6) is -1.65. The second kappa shape index (κ2) is 16.0. The van der Waals surface area contributed by atoms with Gasteiger partial charge in [-0.15, -0.1) is 0 Å². The average Bonchev–Trinajstić information content (AvgIpc) is 3.02. The predicted octanol–water partition coefficient (Wildman–Crippen LogP) is 2.27.